The first kappa shape index (κ1) is 10.3. The SMILES string of the molecule is CCCOc1ccc(C=CC#N)cc1. The molecule has 0 heterocycles. The van der Waals surface area contributed by atoms with Crippen LogP contribution in [-0.2, 0) is 0 Å². The molecule has 0 N–H and O–H groups in total. The number of hydrogen-bond donors (Lipinski definition) is 0. The van der Waals surface area contributed by atoms with Crippen LogP contribution in [0.3, 0.4) is 0 Å². The van der Waals surface area contributed by atoms with Crippen molar-refractivity contribution in [3.63, 3.8) is 0 Å². The highest BCUT2D eigenvalue weighted by Crippen LogP contribution is 2.13. The van der Waals surface area contributed by atoms with Crippen molar-refractivity contribution in [1.29, 1.82) is 5.26 Å². The second-order valence-electron chi connectivity index (χ2n) is 2.88. The third-order valence-electron chi connectivity index (χ3n) is 1.70. The summed E-state index contributed by atoms with van der Waals surface area (Å²) in [5.74, 6) is 0.876. The van der Waals surface area contributed by atoms with Crippen molar-refractivity contribution in [2.24, 2.45) is 0 Å². The molecular formula is C12H13NO. The topological polar surface area (TPSA) is 33.0 Å². The van der Waals surface area contributed by atoms with Gasteiger partial charge in [-0.3, -0.25) is 0 Å². The molecule has 0 atom stereocenters. The lowest BCUT2D eigenvalue weighted by atomic mass is 10.2. The number of hydrogen-bond acceptors (Lipinski definition) is 2. The Balaban J connectivity index is 2.60. The van der Waals surface area contributed by atoms with Crippen LogP contribution >= 0.6 is 0 Å². The summed E-state index contributed by atoms with van der Waals surface area (Å²) in [5, 5.41) is 8.34. The fourth-order valence-corrected chi connectivity index (χ4v) is 1.03. The van der Waals surface area contributed by atoms with E-state index in [-0.39, 0.29) is 0 Å². The predicted octanol–water partition coefficient (Wildman–Crippen LogP) is 3.01. The van der Waals surface area contributed by atoms with E-state index in [1.165, 1.54) is 6.08 Å². The van der Waals surface area contributed by atoms with Crippen LogP contribution in [0.25, 0.3) is 6.08 Å². The molecule has 0 aliphatic rings. The maximum Gasteiger partial charge on any atom is 0.119 e. The van der Waals surface area contributed by atoms with Gasteiger partial charge in [-0.2, -0.15) is 5.26 Å². The summed E-state index contributed by atoms with van der Waals surface area (Å²) < 4.78 is 5.43. The molecule has 0 unspecified atom stereocenters. The Morgan fingerprint density at radius 1 is 1.36 bits per heavy atom. The monoisotopic (exact) mass is 187 g/mol. The van der Waals surface area contributed by atoms with Gasteiger partial charge in [-0.05, 0) is 30.2 Å². The fourth-order valence-electron chi connectivity index (χ4n) is 1.03. The molecule has 0 fully saturated rings. The minimum absolute atomic E-state index is 0.743. The van der Waals surface area contributed by atoms with Crippen molar-refractivity contribution in [1.82, 2.24) is 0 Å². The molecular weight excluding hydrogens is 174 g/mol. The quantitative estimate of drug-likeness (QED) is 0.679. The lowest BCUT2D eigenvalue weighted by Crippen LogP contribution is -1.94. The van der Waals surface area contributed by atoms with Crippen molar-refractivity contribution in [3.8, 4) is 11.8 Å². The van der Waals surface area contributed by atoms with E-state index in [0.717, 1.165) is 24.3 Å². The van der Waals surface area contributed by atoms with E-state index >= 15 is 0 Å². The van der Waals surface area contributed by atoms with E-state index in [2.05, 4.69) is 6.92 Å². The summed E-state index contributed by atoms with van der Waals surface area (Å²) in [4.78, 5) is 0. The molecule has 0 radical (unpaired) electrons. The average Bonchev–Trinajstić information content (AvgIpc) is 2.25. The van der Waals surface area contributed by atoms with Crippen molar-refractivity contribution in [2.45, 2.75) is 13.3 Å². The van der Waals surface area contributed by atoms with Gasteiger partial charge in [0.05, 0.1) is 12.7 Å². The Morgan fingerprint density at radius 2 is 2.07 bits per heavy atom. The average molecular weight is 187 g/mol. The van der Waals surface area contributed by atoms with Gasteiger partial charge in [0.25, 0.3) is 0 Å². The minimum atomic E-state index is 0.743. The second kappa shape index (κ2) is 5.82. The third kappa shape index (κ3) is 3.32. The molecule has 0 aromatic heterocycles. The molecule has 2 heteroatoms. The van der Waals surface area contributed by atoms with Crippen LogP contribution in [-0.4, -0.2) is 6.61 Å². The van der Waals surface area contributed by atoms with E-state index in [9.17, 15) is 0 Å². The molecule has 14 heavy (non-hydrogen) atoms. The van der Waals surface area contributed by atoms with Crippen LogP contribution in [0.2, 0.25) is 0 Å². The molecule has 0 spiro atoms. The molecule has 1 aromatic rings. The van der Waals surface area contributed by atoms with Gasteiger partial charge >= 0.3 is 0 Å². The van der Waals surface area contributed by atoms with Gasteiger partial charge in [0.2, 0.25) is 0 Å². The molecule has 0 aliphatic carbocycles. The van der Waals surface area contributed by atoms with Crippen molar-refractivity contribution >= 4 is 6.08 Å². The van der Waals surface area contributed by atoms with Gasteiger partial charge in [0.1, 0.15) is 5.75 Å². The fraction of sp³-hybridized carbons (Fsp3) is 0.250. The normalized spacial score (nSPS) is 10.0. The summed E-state index contributed by atoms with van der Waals surface area (Å²) in [6, 6.07) is 9.63. The van der Waals surface area contributed by atoms with Gasteiger partial charge in [-0.15, -0.1) is 0 Å². The third-order valence-corrected chi connectivity index (χ3v) is 1.70. The van der Waals surface area contributed by atoms with E-state index in [1.807, 2.05) is 30.3 Å². The minimum Gasteiger partial charge on any atom is -0.494 e. The number of allylic oxidation sites excluding steroid dienone is 1. The zero-order valence-electron chi connectivity index (χ0n) is 8.23. The first-order chi connectivity index (χ1) is 6.86. The van der Waals surface area contributed by atoms with Crippen LogP contribution in [0.5, 0.6) is 5.75 Å². The highest BCUT2D eigenvalue weighted by atomic mass is 16.5. The Kier molecular flexibility index (Phi) is 4.30. The first-order valence-electron chi connectivity index (χ1n) is 4.66. The van der Waals surface area contributed by atoms with Crippen LogP contribution in [0.4, 0.5) is 0 Å². The Bertz CT molecular complexity index is 332. The van der Waals surface area contributed by atoms with Crippen molar-refractivity contribution in [2.75, 3.05) is 6.61 Å². The lowest BCUT2D eigenvalue weighted by molar-refractivity contribution is 0.317. The smallest absolute Gasteiger partial charge is 0.119 e. The Hall–Kier alpha value is -1.75. The zero-order valence-corrected chi connectivity index (χ0v) is 8.23. The predicted molar refractivity (Wildman–Crippen MR) is 56.9 cm³/mol. The molecule has 1 rings (SSSR count). The Morgan fingerprint density at radius 3 is 2.64 bits per heavy atom. The highest BCUT2D eigenvalue weighted by Gasteiger charge is 1.91. The first-order valence-corrected chi connectivity index (χ1v) is 4.66. The summed E-state index contributed by atoms with van der Waals surface area (Å²) in [5.41, 5.74) is 1.01. The molecule has 0 saturated carbocycles. The summed E-state index contributed by atoms with van der Waals surface area (Å²) in [6.45, 7) is 2.82. The van der Waals surface area contributed by atoms with Gasteiger partial charge in [-0.25, -0.2) is 0 Å². The largest absolute Gasteiger partial charge is 0.494 e. The zero-order chi connectivity index (χ0) is 10.2. The van der Waals surface area contributed by atoms with E-state index in [4.69, 9.17) is 10.00 Å². The molecule has 2 nitrogen and oxygen atoms in total. The number of benzene rings is 1. The van der Waals surface area contributed by atoms with E-state index in [1.54, 1.807) is 6.08 Å². The molecule has 0 saturated heterocycles. The lowest BCUT2D eigenvalue weighted by Gasteiger charge is -2.03. The standard InChI is InChI=1S/C12H13NO/c1-2-10-14-12-7-5-11(6-8-12)4-3-9-13/h3-8H,2,10H2,1H3. The van der Waals surface area contributed by atoms with Crippen LogP contribution in [0.1, 0.15) is 18.9 Å². The highest BCUT2D eigenvalue weighted by molar-refractivity contribution is 5.52. The van der Waals surface area contributed by atoms with Crippen LogP contribution < -0.4 is 4.74 Å². The van der Waals surface area contributed by atoms with Gasteiger partial charge < -0.3 is 4.74 Å². The van der Waals surface area contributed by atoms with E-state index < -0.39 is 0 Å². The molecule has 72 valence electrons. The molecule has 0 aliphatic heterocycles. The van der Waals surface area contributed by atoms with Gasteiger partial charge in [0, 0.05) is 6.08 Å². The van der Waals surface area contributed by atoms with Gasteiger partial charge in [-0.1, -0.05) is 19.1 Å². The Labute approximate surface area is 84.4 Å². The summed E-state index contributed by atoms with van der Waals surface area (Å²) in [7, 11) is 0. The maximum absolute atomic E-state index is 8.34. The maximum atomic E-state index is 8.34. The second-order valence-corrected chi connectivity index (χ2v) is 2.88. The molecule has 0 amide bonds. The summed E-state index contributed by atoms with van der Waals surface area (Å²) >= 11 is 0. The number of nitrogens with zero attached hydrogens (tertiary/aromatic N) is 1. The van der Waals surface area contributed by atoms with Crippen LogP contribution in [0.15, 0.2) is 30.3 Å². The van der Waals surface area contributed by atoms with Gasteiger partial charge in [0.15, 0.2) is 0 Å². The molecule has 1 aromatic carbocycles. The van der Waals surface area contributed by atoms with Crippen molar-refractivity contribution < 1.29 is 4.74 Å². The number of nitriles is 1. The van der Waals surface area contributed by atoms with Crippen molar-refractivity contribution in [3.05, 3.63) is 35.9 Å². The summed E-state index contributed by atoms with van der Waals surface area (Å²) in [6.07, 6.45) is 4.24. The van der Waals surface area contributed by atoms with E-state index in [0.29, 0.717) is 0 Å². The molecule has 0 bridgehead atoms. The number of rotatable bonds is 4. The van der Waals surface area contributed by atoms with Crippen LogP contribution in [0, 0.1) is 11.3 Å². The number of ether oxygens (including phenoxy) is 1.